The quantitative estimate of drug-likeness (QED) is 0.776. The van der Waals surface area contributed by atoms with Crippen molar-refractivity contribution in [3.05, 3.63) is 70.2 Å². The van der Waals surface area contributed by atoms with Gasteiger partial charge in [0.05, 0.1) is 5.75 Å². The minimum Gasteiger partial charge on any atom is -0.299 e. The molecule has 1 saturated heterocycles. The number of benzene rings is 2. The summed E-state index contributed by atoms with van der Waals surface area (Å²) in [6, 6.07) is 15.0. The lowest BCUT2D eigenvalue weighted by atomic mass is 10.1. The van der Waals surface area contributed by atoms with Crippen LogP contribution in [0.5, 0.6) is 0 Å². The summed E-state index contributed by atoms with van der Waals surface area (Å²) >= 11 is 5.94. The first-order valence-corrected chi connectivity index (χ1v) is 11.1. The molecule has 6 heteroatoms. The number of likely N-dealkylation sites (tertiary alicyclic amines) is 1. The first-order chi connectivity index (χ1) is 12.5. The molecular weight excluding hydrogens is 368 g/mol. The van der Waals surface area contributed by atoms with E-state index in [-0.39, 0.29) is 5.75 Å². The van der Waals surface area contributed by atoms with Crippen LogP contribution in [0.2, 0.25) is 5.02 Å². The van der Waals surface area contributed by atoms with Crippen molar-refractivity contribution >= 4 is 21.6 Å². The molecule has 0 aromatic heterocycles. The highest BCUT2D eigenvalue weighted by atomic mass is 35.5. The van der Waals surface area contributed by atoms with Gasteiger partial charge >= 0.3 is 0 Å². The minimum absolute atomic E-state index is 0.0676. The van der Waals surface area contributed by atoms with E-state index in [9.17, 15) is 8.42 Å². The highest BCUT2D eigenvalue weighted by Gasteiger charge is 2.15. The van der Waals surface area contributed by atoms with Crippen molar-refractivity contribution < 1.29 is 8.42 Å². The van der Waals surface area contributed by atoms with Gasteiger partial charge in [-0.2, -0.15) is 0 Å². The fourth-order valence-electron chi connectivity index (χ4n) is 3.33. The SMILES string of the molecule is O=S(=O)(Cc1cccc(Cl)c1)NCc1ccccc1CN1CCCCC1. The standard InChI is InChI=1S/C20H25ClN2O2S/c21-20-10-6-7-17(13-20)16-26(24,25)22-14-18-8-2-3-9-19(18)15-23-11-4-1-5-12-23/h2-3,6-10,13,22H,1,4-5,11-12,14-16H2. The maximum absolute atomic E-state index is 12.4. The molecule has 0 bridgehead atoms. The van der Waals surface area contributed by atoms with Crippen LogP contribution in [-0.4, -0.2) is 26.4 Å². The van der Waals surface area contributed by atoms with Crippen LogP contribution in [0.4, 0.5) is 0 Å². The molecule has 140 valence electrons. The largest absolute Gasteiger partial charge is 0.299 e. The van der Waals surface area contributed by atoms with E-state index in [4.69, 9.17) is 11.6 Å². The van der Waals surface area contributed by atoms with Crippen molar-refractivity contribution in [2.24, 2.45) is 0 Å². The fraction of sp³-hybridized carbons (Fsp3) is 0.400. The summed E-state index contributed by atoms with van der Waals surface area (Å²) in [4.78, 5) is 2.45. The van der Waals surface area contributed by atoms with E-state index >= 15 is 0 Å². The van der Waals surface area contributed by atoms with Crippen LogP contribution in [0.1, 0.15) is 36.0 Å². The Labute approximate surface area is 161 Å². The predicted octanol–water partition coefficient (Wildman–Crippen LogP) is 3.95. The Morgan fingerprint density at radius 2 is 1.69 bits per heavy atom. The maximum atomic E-state index is 12.4. The topological polar surface area (TPSA) is 49.4 Å². The van der Waals surface area contributed by atoms with Gasteiger partial charge in [0, 0.05) is 18.1 Å². The second-order valence-electron chi connectivity index (χ2n) is 6.82. The summed E-state index contributed by atoms with van der Waals surface area (Å²) in [6.45, 7) is 3.43. The van der Waals surface area contributed by atoms with Gasteiger partial charge in [0.15, 0.2) is 0 Å². The van der Waals surface area contributed by atoms with Crippen LogP contribution in [0.3, 0.4) is 0 Å². The molecule has 3 rings (SSSR count). The van der Waals surface area contributed by atoms with Gasteiger partial charge in [-0.05, 0) is 54.8 Å². The molecule has 0 amide bonds. The van der Waals surface area contributed by atoms with Crippen LogP contribution >= 0.6 is 11.6 Å². The van der Waals surface area contributed by atoms with Crippen molar-refractivity contribution in [2.75, 3.05) is 13.1 Å². The second-order valence-corrected chi connectivity index (χ2v) is 9.06. The van der Waals surface area contributed by atoms with Crippen LogP contribution in [0.25, 0.3) is 0 Å². The number of sulfonamides is 1. The monoisotopic (exact) mass is 392 g/mol. The Morgan fingerprint density at radius 1 is 0.962 bits per heavy atom. The van der Waals surface area contributed by atoms with Crippen LogP contribution in [-0.2, 0) is 28.9 Å². The van der Waals surface area contributed by atoms with E-state index in [1.807, 2.05) is 18.2 Å². The molecule has 0 atom stereocenters. The summed E-state index contributed by atoms with van der Waals surface area (Å²) in [5.74, 6) is -0.0676. The molecule has 1 heterocycles. The maximum Gasteiger partial charge on any atom is 0.216 e. The molecule has 0 aliphatic carbocycles. The van der Waals surface area contributed by atoms with Gasteiger partial charge < -0.3 is 0 Å². The predicted molar refractivity (Wildman–Crippen MR) is 106 cm³/mol. The third-order valence-corrected chi connectivity index (χ3v) is 6.22. The Hall–Kier alpha value is -1.40. The minimum atomic E-state index is -3.42. The Morgan fingerprint density at radius 3 is 2.42 bits per heavy atom. The van der Waals surface area contributed by atoms with E-state index in [1.165, 1.54) is 24.8 Å². The molecule has 0 radical (unpaired) electrons. The smallest absolute Gasteiger partial charge is 0.216 e. The third-order valence-electron chi connectivity index (χ3n) is 4.69. The zero-order chi connectivity index (χ0) is 18.4. The molecule has 1 aliphatic heterocycles. The summed E-state index contributed by atoms with van der Waals surface area (Å²) in [7, 11) is -3.42. The van der Waals surface area contributed by atoms with Crippen molar-refractivity contribution in [1.29, 1.82) is 0 Å². The van der Waals surface area contributed by atoms with Crippen molar-refractivity contribution in [3.8, 4) is 0 Å². The second kappa shape index (κ2) is 9.00. The Balaban J connectivity index is 1.63. The molecule has 1 aliphatic rings. The van der Waals surface area contributed by atoms with Gasteiger partial charge in [0.2, 0.25) is 10.0 Å². The van der Waals surface area contributed by atoms with E-state index < -0.39 is 10.0 Å². The molecule has 0 saturated carbocycles. The molecule has 4 nitrogen and oxygen atoms in total. The van der Waals surface area contributed by atoms with Crippen LogP contribution in [0.15, 0.2) is 48.5 Å². The first-order valence-electron chi connectivity index (χ1n) is 9.03. The number of hydrogen-bond acceptors (Lipinski definition) is 3. The summed E-state index contributed by atoms with van der Waals surface area (Å²) < 4.78 is 27.6. The molecule has 26 heavy (non-hydrogen) atoms. The Kier molecular flexibility index (Phi) is 6.70. The van der Waals surface area contributed by atoms with Gasteiger partial charge in [-0.3, -0.25) is 4.90 Å². The number of halogens is 1. The van der Waals surface area contributed by atoms with Crippen molar-refractivity contribution in [1.82, 2.24) is 9.62 Å². The third kappa shape index (κ3) is 5.81. The first kappa shape index (κ1) is 19.4. The summed E-state index contributed by atoms with van der Waals surface area (Å²) in [5.41, 5.74) is 2.92. The zero-order valence-corrected chi connectivity index (χ0v) is 16.4. The van der Waals surface area contributed by atoms with Gasteiger partial charge in [-0.15, -0.1) is 0 Å². The molecule has 1 fully saturated rings. The van der Waals surface area contributed by atoms with Gasteiger partial charge in [-0.1, -0.05) is 54.4 Å². The number of nitrogens with one attached hydrogen (secondary N) is 1. The normalized spacial score (nSPS) is 15.9. The number of nitrogens with zero attached hydrogens (tertiary/aromatic N) is 1. The highest BCUT2D eigenvalue weighted by Crippen LogP contribution is 2.17. The van der Waals surface area contributed by atoms with Crippen LogP contribution < -0.4 is 4.72 Å². The summed E-state index contributed by atoms with van der Waals surface area (Å²) in [6.07, 6.45) is 3.80. The molecule has 0 unspecified atom stereocenters. The average molecular weight is 393 g/mol. The van der Waals surface area contributed by atoms with Crippen LogP contribution in [0, 0.1) is 0 Å². The Bertz CT molecular complexity index is 833. The van der Waals surface area contributed by atoms with E-state index in [0.717, 1.165) is 25.2 Å². The van der Waals surface area contributed by atoms with Crippen molar-refractivity contribution in [2.45, 2.75) is 38.1 Å². The van der Waals surface area contributed by atoms with E-state index in [1.54, 1.807) is 24.3 Å². The van der Waals surface area contributed by atoms with Gasteiger partial charge in [-0.25, -0.2) is 13.1 Å². The molecular formula is C20H25ClN2O2S. The van der Waals surface area contributed by atoms with Gasteiger partial charge in [0.25, 0.3) is 0 Å². The van der Waals surface area contributed by atoms with E-state index in [2.05, 4.69) is 15.7 Å². The number of hydrogen-bond donors (Lipinski definition) is 1. The molecule has 2 aromatic rings. The van der Waals surface area contributed by atoms with Crippen molar-refractivity contribution in [3.63, 3.8) is 0 Å². The zero-order valence-electron chi connectivity index (χ0n) is 14.8. The number of piperidine rings is 1. The highest BCUT2D eigenvalue weighted by molar-refractivity contribution is 7.88. The lowest BCUT2D eigenvalue weighted by Crippen LogP contribution is -2.30. The fourth-order valence-corrected chi connectivity index (χ4v) is 4.64. The van der Waals surface area contributed by atoms with E-state index in [0.29, 0.717) is 17.1 Å². The molecule has 2 aromatic carbocycles. The lowest BCUT2D eigenvalue weighted by molar-refractivity contribution is 0.220. The molecule has 1 N–H and O–H groups in total. The van der Waals surface area contributed by atoms with Gasteiger partial charge in [0.1, 0.15) is 0 Å². The number of rotatable bonds is 7. The molecule has 0 spiro atoms. The average Bonchev–Trinajstić information content (AvgIpc) is 2.62. The lowest BCUT2D eigenvalue weighted by Gasteiger charge is -2.27. The summed E-state index contributed by atoms with van der Waals surface area (Å²) in [5, 5.41) is 0.546.